The van der Waals surface area contributed by atoms with Gasteiger partial charge in [-0.15, -0.1) is 0 Å². The Balaban J connectivity index is 2.20. The smallest absolute Gasteiger partial charge is 0.337 e. The minimum atomic E-state index is -1.03. The van der Waals surface area contributed by atoms with Crippen molar-refractivity contribution in [1.29, 1.82) is 0 Å². The minimum Gasteiger partial charge on any atom is -0.468 e. The minimum absolute atomic E-state index is 0.165. The van der Waals surface area contributed by atoms with Crippen molar-refractivity contribution in [3.8, 4) is 0 Å². The van der Waals surface area contributed by atoms with E-state index in [2.05, 4.69) is 5.32 Å². The van der Waals surface area contributed by atoms with Crippen LogP contribution in [0.15, 0.2) is 46.8 Å². The molecule has 1 aromatic carbocycles. The van der Waals surface area contributed by atoms with Crippen molar-refractivity contribution < 1.29 is 28.8 Å². The van der Waals surface area contributed by atoms with Crippen LogP contribution in [0.25, 0.3) is 0 Å². The number of non-ortho nitro benzene ring substituents is 1. The van der Waals surface area contributed by atoms with Crippen LogP contribution in [-0.4, -0.2) is 35.9 Å². The Bertz CT molecular complexity index is 1070. The number of dihydropyridines is 1. The Morgan fingerprint density at radius 3 is 2.64 bits per heavy atom. The molecule has 3 rings (SSSR count). The number of ketones is 1. The van der Waals surface area contributed by atoms with Crippen molar-refractivity contribution in [1.82, 2.24) is 5.32 Å². The lowest BCUT2D eigenvalue weighted by Crippen LogP contribution is -2.43. The molecule has 0 amide bonds. The average molecular weight is 456 g/mol. The van der Waals surface area contributed by atoms with E-state index < -0.39 is 34.5 Å². The number of rotatable bonds is 6. The van der Waals surface area contributed by atoms with Crippen molar-refractivity contribution in [2.24, 2.45) is 11.8 Å². The van der Waals surface area contributed by atoms with Crippen LogP contribution in [-0.2, 0) is 23.9 Å². The number of nitrogens with zero attached hydrogens (tertiary/aromatic N) is 1. The molecule has 0 radical (unpaired) electrons. The highest BCUT2D eigenvalue weighted by Gasteiger charge is 2.47. The fourth-order valence-corrected chi connectivity index (χ4v) is 4.43. The molecule has 2 aliphatic rings. The second kappa shape index (κ2) is 9.56. The van der Waals surface area contributed by atoms with E-state index >= 15 is 0 Å². The lowest BCUT2D eigenvalue weighted by atomic mass is 9.69. The first-order valence-corrected chi connectivity index (χ1v) is 10.9. The fraction of sp³-hybridized carbons (Fsp3) is 0.458. The summed E-state index contributed by atoms with van der Waals surface area (Å²) in [5.74, 6) is -3.97. The van der Waals surface area contributed by atoms with E-state index in [1.807, 2.05) is 6.92 Å². The van der Waals surface area contributed by atoms with E-state index in [-0.39, 0.29) is 28.9 Å². The van der Waals surface area contributed by atoms with E-state index in [9.17, 15) is 24.5 Å². The third kappa shape index (κ3) is 4.53. The number of nitro groups is 1. The molecule has 1 heterocycles. The zero-order valence-electron chi connectivity index (χ0n) is 19.3. The van der Waals surface area contributed by atoms with Gasteiger partial charge in [0, 0.05) is 35.0 Å². The van der Waals surface area contributed by atoms with Gasteiger partial charge in [0.15, 0.2) is 5.78 Å². The van der Waals surface area contributed by atoms with Gasteiger partial charge in [-0.05, 0) is 38.2 Å². The van der Waals surface area contributed by atoms with Gasteiger partial charge in [-0.1, -0.05) is 26.0 Å². The largest absolute Gasteiger partial charge is 0.468 e. The summed E-state index contributed by atoms with van der Waals surface area (Å²) in [6, 6.07) is 5.84. The van der Waals surface area contributed by atoms with Gasteiger partial charge in [-0.3, -0.25) is 19.7 Å². The summed E-state index contributed by atoms with van der Waals surface area (Å²) in [6.07, 6.45) is 0.628. The molecule has 0 fully saturated rings. The molecule has 9 heteroatoms. The van der Waals surface area contributed by atoms with Gasteiger partial charge < -0.3 is 14.8 Å². The van der Waals surface area contributed by atoms with Gasteiger partial charge in [-0.25, -0.2) is 4.79 Å². The average Bonchev–Trinajstić information content (AvgIpc) is 2.77. The molecule has 176 valence electrons. The molecule has 1 aliphatic heterocycles. The highest BCUT2D eigenvalue weighted by atomic mass is 16.6. The Hall–Kier alpha value is -3.49. The summed E-state index contributed by atoms with van der Waals surface area (Å²) >= 11 is 0. The molecule has 0 saturated carbocycles. The molecule has 0 saturated heterocycles. The molecule has 0 unspecified atom stereocenters. The van der Waals surface area contributed by atoms with Crippen LogP contribution in [0.5, 0.6) is 0 Å². The predicted molar refractivity (Wildman–Crippen MR) is 119 cm³/mol. The standard InChI is InChI=1S/C24H28N2O7/c1-6-13(3)33-24(29)19-14(4)25-17-10-12(2)18(23(28)32-5)22(27)21(17)20(19)15-8-7-9-16(11-15)26(30)31/h7-9,11-13,18,20,25H,6,10H2,1-5H3/t12-,13-,18-,20+/m1/s1. The quantitative estimate of drug-likeness (QED) is 0.298. The normalized spacial score (nSPS) is 23.4. The lowest BCUT2D eigenvalue weighted by molar-refractivity contribution is -0.384. The van der Waals surface area contributed by atoms with Crippen molar-refractivity contribution in [3.05, 3.63) is 62.5 Å². The maximum absolute atomic E-state index is 13.6. The molecular formula is C24H28N2O7. The van der Waals surface area contributed by atoms with Crippen LogP contribution in [0, 0.1) is 22.0 Å². The summed E-state index contributed by atoms with van der Waals surface area (Å²) in [5, 5.41) is 14.6. The number of ether oxygens (including phenoxy) is 2. The number of hydrogen-bond acceptors (Lipinski definition) is 8. The monoisotopic (exact) mass is 456 g/mol. The van der Waals surface area contributed by atoms with E-state index in [1.165, 1.54) is 25.3 Å². The first-order valence-electron chi connectivity index (χ1n) is 10.9. The zero-order chi connectivity index (χ0) is 24.4. The maximum Gasteiger partial charge on any atom is 0.337 e. The SMILES string of the molecule is CC[C@@H](C)OC(=O)C1=C(C)NC2=C(C(=O)[C@H](C(=O)OC)[C@H](C)C2)[C@H]1c1cccc([N+](=O)[O-])c1. The van der Waals surface area contributed by atoms with Crippen molar-refractivity contribution in [2.45, 2.75) is 52.6 Å². The molecule has 1 aliphatic carbocycles. The van der Waals surface area contributed by atoms with Crippen LogP contribution in [0.1, 0.15) is 52.0 Å². The summed E-state index contributed by atoms with van der Waals surface area (Å²) in [4.78, 5) is 50.2. The second-order valence-corrected chi connectivity index (χ2v) is 8.51. The molecule has 33 heavy (non-hydrogen) atoms. The van der Waals surface area contributed by atoms with E-state index in [0.717, 1.165) is 0 Å². The summed E-state index contributed by atoms with van der Waals surface area (Å²) in [5.41, 5.74) is 1.78. The molecule has 4 atom stereocenters. The molecule has 1 aromatic rings. The molecule has 1 N–H and O–H groups in total. The Kier molecular flexibility index (Phi) is 7.00. The fourth-order valence-electron chi connectivity index (χ4n) is 4.43. The van der Waals surface area contributed by atoms with Crippen LogP contribution in [0.4, 0.5) is 5.69 Å². The molecular weight excluding hydrogens is 428 g/mol. The van der Waals surface area contributed by atoms with Gasteiger partial charge in [0.2, 0.25) is 0 Å². The molecule has 9 nitrogen and oxygen atoms in total. The predicted octanol–water partition coefficient (Wildman–Crippen LogP) is 3.55. The van der Waals surface area contributed by atoms with Crippen molar-refractivity contribution in [2.75, 3.05) is 7.11 Å². The summed E-state index contributed by atoms with van der Waals surface area (Å²) < 4.78 is 10.4. The van der Waals surface area contributed by atoms with E-state index in [0.29, 0.717) is 29.8 Å². The number of hydrogen-bond donors (Lipinski definition) is 1. The van der Waals surface area contributed by atoms with Crippen LogP contribution in [0.2, 0.25) is 0 Å². The molecule has 0 spiro atoms. The Morgan fingerprint density at radius 1 is 1.33 bits per heavy atom. The third-order valence-corrected chi connectivity index (χ3v) is 6.26. The number of benzene rings is 1. The van der Waals surface area contributed by atoms with Crippen LogP contribution < -0.4 is 5.32 Å². The van der Waals surface area contributed by atoms with Gasteiger partial charge in [0.25, 0.3) is 5.69 Å². The van der Waals surface area contributed by atoms with Crippen LogP contribution in [0.3, 0.4) is 0 Å². The number of allylic oxidation sites excluding steroid dienone is 3. The zero-order valence-corrected chi connectivity index (χ0v) is 19.3. The summed E-state index contributed by atoms with van der Waals surface area (Å²) in [6.45, 7) is 7.14. The van der Waals surface area contributed by atoms with E-state index in [4.69, 9.17) is 9.47 Å². The third-order valence-electron chi connectivity index (χ3n) is 6.26. The Morgan fingerprint density at radius 2 is 2.03 bits per heavy atom. The molecule has 0 bridgehead atoms. The number of Topliss-reactive ketones (excluding diaryl/α,β-unsaturated/α-hetero) is 1. The Labute approximate surface area is 192 Å². The maximum atomic E-state index is 13.6. The first-order chi connectivity index (χ1) is 15.6. The van der Waals surface area contributed by atoms with Crippen LogP contribution >= 0.6 is 0 Å². The van der Waals surface area contributed by atoms with Gasteiger partial charge >= 0.3 is 11.9 Å². The summed E-state index contributed by atoms with van der Waals surface area (Å²) in [7, 11) is 1.22. The number of esters is 2. The number of carbonyl (C=O) groups excluding carboxylic acids is 3. The number of nitro benzene ring substituents is 1. The van der Waals surface area contributed by atoms with Gasteiger partial charge in [0.1, 0.15) is 5.92 Å². The highest BCUT2D eigenvalue weighted by Crippen LogP contribution is 2.46. The van der Waals surface area contributed by atoms with Gasteiger partial charge in [0.05, 0.1) is 23.7 Å². The lowest BCUT2D eigenvalue weighted by Gasteiger charge is -2.38. The topological polar surface area (TPSA) is 125 Å². The number of nitrogens with one attached hydrogen (secondary N) is 1. The number of carbonyl (C=O) groups is 3. The second-order valence-electron chi connectivity index (χ2n) is 8.51. The number of methoxy groups -OCH3 is 1. The molecule has 0 aromatic heterocycles. The van der Waals surface area contributed by atoms with E-state index in [1.54, 1.807) is 26.8 Å². The van der Waals surface area contributed by atoms with Gasteiger partial charge in [-0.2, -0.15) is 0 Å². The van der Waals surface area contributed by atoms with Crippen molar-refractivity contribution >= 4 is 23.4 Å². The van der Waals surface area contributed by atoms with Crippen molar-refractivity contribution in [3.63, 3.8) is 0 Å². The first kappa shape index (κ1) is 24.2. The highest BCUT2D eigenvalue weighted by molar-refractivity contribution is 6.12.